The first kappa shape index (κ1) is 20.2. The number of ether oxygens (including phenoxy) is 1. The van der Waals surface area contributed by atoms with Gasteiger partial charge in [-0.25, -0.2) is 13.2 Å². The molecule has 0 saturated heterocycles. The van der Waals surface area contributed by atoms with Crippen LogP contribution in [0.1, 0.15) is 29.4 Å². The number of hydrogen-bond acceptors (Lipinski definition) is 5. The molecule has 150 valence electrons. The van der Waals surface area contributed by atoms with E-state index in [0.29, 0.717) is 0 Å². The number of nitrogens with one attached hydrogen (secondary N) is 2. The molecular weight excluding hydrogens is 399 g/mol. The molecule has 1 aromatic heterocycles. The fourth-order valence-corrected chi connectivity index (χ4v) is 3.27. The number of hydrogen-bond donors (Lipinski definition) is 3. The summed E-state index contributed by atoms with van der Waals surface area (Å²) in [7, 11) is 0. The van der Waals surface area contributed by atoms with Gasteiger partial charge in [-0.2, -0.15) is 5.10 Å². The molecule has 1 aliphatic heterocycles. The van der Waals surface area contributed by atoms with Gasteiger partial charge in [0.05, 0.1) is 5.02 Å². The predicted molar refractivity (Wildman–Crippen MR) is 97.3 cm³/mol. The van der Waals surface area contributed by atoms with Gasteiger partial charge in [0, 0.05) is 17.4 Å². The fourth-order valence-electron chi connectivity index (χ4n) is 3.09. The third-order valence-electron chi connectivity index (χ3n) is 4.46. The molecule has 1 amide bonds. The first-order chi connectivity index (χ1) is 13.2. The number of H-pyrrole nitrogens is 1. The Morgan fingerprint density at radius 2 is 2.21 bits per heavy atom. The number of nitrogens with two attached hydrogens (primary N) is 1. The van der Waals surface area contributed by atoms with E-state index in [4.69, 9.17) is 22.1 Å². The maximum Gasteiger partial charge on any atom is 0.299 e. The molecule has 4 N–H and O–H groups in total. The second-order valence-electron chi connectivity index (χ2n) is 6.24. The van der Waals surface area contributed by atoms with Gasteiger partial charge in [-0.15, -0.1) is 0 Å². The summed E-state index contributed by atoms with van der Waals surface area (Å²) in [5.41, 5.74) is 2.97. The summed E-state index contributed by atoms with van der Waals surface area (Å²) < 4.78 is 49.3. The van der Waals surface area contributed by atoms with Crippen LogP contribution in [0.15, 0.2) is 29.4 Å². The highest BCUT2D eigenvalue weighted by Crippen LogP contribution is 2.46. The summed E-state index contributed by atoms with van der Waals surface area (Å²) in [4.78, 5) is 16.2. The topological polar surface area (TPSA) is 105 Å². The van der Waals surface area contributed by atoms with Crippen LogP contribution >= 0.6 is 11.6 Å². The molecule has 0 aliphatic carbocycles. The van der Waals surface area contributed by atoms with Gasteiger partial charge in [-0.3, -0.25) is 14.9 Å². The highest BCUT2D eigenvalue weighted by molar-refractivity contribution is 6.34. The van der Waals surface area contributed by atoms with Crippen LogP contribution in [0.3, 0.4) is 0 Å². The van der Waals surface area contributed by atoms with Crippen LogP contribution in [-0.2, 0) is 10.3 Å². The number of anilines is 1. The molecule has 0 saturated carbocycles. The highest BCUT2D eigenvalue weighted by Gasteiger charge is 2.56. The number of aromatic nitrogens is 2. The van der Waals surface area contributed by atoms with Gasteiger partial charge >= 0.3 is 0 Å². The molecule has 7 nitrogen and oxygen atoms in total. The standard InChI is InChI=1S/C17H17ClF3N5O2/c1-2-16(17(20,21)8-28-7-13(22)25-16)10-5-9(3-4-12(10)19)24-15(27)14-11(18)6-23-26-14/h3-6H,2,7-8H2,1H3,(H2,22,25)(H,23,26)(H,24,27)/t16-/m1/s1. The lowest BCUT2D eigenvalue weighted by Crippen LogP contribution is -2.47. The average molecular weight is 416 g/mol. The zero-order valence-corrected chi connectivity index (χ0v) is 15.5. The van der Waals surface area contributed by atoms with Crippen LogP contribution in [0.5, 0.6) is 0 Å². The van der Waals surface area contributed by atoms with Crippen molar-refractivity contribution in [1.82, 2.24) is 10.2 Å². The van der Waals surface area contributed by atoms with E-state index < -0.39 is 35.4 Å². The molecule has 0 unspecified atom stereocenters. The quantitative estimate of drug-likeness (QED) is 0.713. The third kappa shape index (κ3) is 3.45. The van der Waals surface area contributed by atoms with Crippen molar-refractivity contribution in [1.29, 1.82) is 0 Å². The van der Waals surface area contributed by atoms with Gasteiger partial charge in [0.1, 0.15) is 24.9 Å². The van der Waals surface area contributed by atoms with Crippen LogP contribution < -0.4 is 11.1 Å². The van der Waals surface area contributed by atoms with E-state index in [-0.39, 0.29) is 35.3 Å². The van der Waals surface area contributed by atoms with E-state index in [1.807, 2.05) is 0 Å². The van der Waals surface area contributed by atoms with Crippen molar-refractivity contribution in [2.75, 3.05) is 18.5 Å². The summed E-state index contributed by atoms with van der Waals surface area (Å²) in [6.45, 7) is 0.196. The number of rotatable bonds is 4. The molecule has 0 radical (unpaired) electrons. The second-order valence-corrected chi connectivity index (χ2v) is 6.65. The largest absolute Gasteiger partial charge is 0.385 e. The predicted octanol–water partition coefficient (Wildman–Crippen LogP) is 3.08. The van der Waals surface area contributed by atoms with Gasteiger partial charge in [0.25, 0.3) is 11.8 Å². The van der Waals surface area contributed by atoms with E-state index in [1.54, 1.807) is 0 Å². The molecule has 1 aliphatic rings. The summed E-state index contributed by atoms with van der Waals surface area (Å²) in [6.07, 6.45) is 1.06. The van der Waals surface area contributed by atoms with E-state index in [9.17, 15) is 18.0 Å². The first-order valence-corrected chi connectivity index (χ1v) is 8.68. The number of alkyl halides is 2. The maximum absolute atomic E-state index is 14.9. The number of benzene rings is 1. The van der Waals surface area contributed by atoms with Crippen molar-refractivity contribution < 1.29 is 22.7 Å². The molecule has 2 heterocycles. The Morgan fingerprint density at radius 3 is 2.86 bits per heavy atom. The second kappa shape index (κ2) is 7.44. The van der Waals surface area contributed by atoms with Crippen LogP contribution in [0.4, 0.5) is 18.9 Å². The van der Waals surface area contributed by atoms with Gasteiger partial charge in [0.2, 0.25) is 0 Å². The summed E-state index contributed by atoms with van der Waals surface area (Å²) in [5, 5.41) is 8.66. The number of amidine groups is 1. The normalized spacial score (nSPS) is 21.7. The highest BCUT2D eigenvalue weighted by atomic mass is 35.5. The Morgan fingerprint density at radius 1 is 1.46 bits per heavy atom. The van der Waals surface area contributed by atoms with E-state index in [2.05, 4.69) is 20.5 Å². The Labute approximate surface area is 163 Å². The van der Waals surface area contributed by atoms with Gasteiger partial charge in [-0.05, 0) is 24.6 Å². The Bertz CT molecular complexity index is 933. The van der Waals surface area contributed by atoms with Crippen LogP contribution in [0, 0.1) is 5.82 Å². The van der Waals surface area contributed by atoms with Crippen molar-refractivity contribution in [3.8, 4) is 0 Å². The number of carbonyl (C=O) groups excluding carboxylic acids is 1. The van der Waals surface area contributed by atoms with Crippen molar-refractivity contribution in [2.45, 2.75) is 24.8 Å². The minimum absolute atomic E-state index is 0.0722. The Kier molecular flexibility index (Phi) is 5.35. The number of amides is 1. The fraction of sp³-hybridized carbons (Fsp3) is 0.353. The number of aliphatic imine (C=N–C) groups is 1. The molecule has 0 fully saturated rings. The van der Waals surface area contributed by atoms with Gasteiger partial charge < -0.3 is 15.8 Å². The molecule has 2 aromatic rings. The molecule has 11 heteroatoms. The smallest absolute Gasteiger partial charge is 0.299 e. The maximum atomic E-state index is 14.9. The van der Waals surface area contributed by atoms with Crippen LogP contribution in [0.25, 0.3) is 0 Å². The Hall–Kier alpha value is -2.59. The van der Waals surface area contributed by atoms with Crippen LogP contribution in [0.2, 0.25) is 5.02 Å². The summed E-state index contributed by atoms with van der Waals surface area (Å²) >= 11 is 5.84. The molecule has 28 heavy (non-hydrogen) atoms. The van der Waals surface area contributed by atoms with Crippen molar-refractivity contribution in [2.24, 2.45) is 10.7 Å². The minimum Gasteiger partial charge on any atom is -0.385 e. The lowest BCUT2D eigenvalue weighted by Gasteiger charge is -2.36. The van der Waals surface area contributed by atoms with E-state index >= 15 is 0 Å². The molecule has 1 aromatic carbocycles. The Balaban J connectivity index is 2.05. The molecular formula is C17H17ClF3N5O2. The zero-order valence-electron chi connectivity index (χ0n) is 14.7. The van der Waals surface area contributed by atoms with Crippen molar-refractivity contribution >= 4 is 29.0 Å². The van der Waals surface area contributed by atoms with E-state index in [1.165, 1.54) is 19.2 Å². The van der Waals surface area contributed by atoms with E-state index in [0.717, 1.165) is 12.1 Å². The summed E-state index contributed by atoms with van der Waals surface area (Å²) in [6, 6.07) is 3.31. The molecule has 1 atom stereocenters. The van der Waals surface area contributed by atoms with Gasteiger partial charge in [0.15, 0.2) is 11.2 Å². The first-order valence-electron chi connectivity index (χ1n) is 8.30. The third-order valence-corrected chi connectivity index (χ3v) is 4.75. The number of carbonyl (C=O) groups is 1. The minimum atomic E-state index is -3.53. The number of aromatic amines is 1. The summed E-state index contributed by atoms with van der Waals surface area (Å²) in [5.74, 6) is -5.29. The molecule has 0 bridgehead atoms. The zero-order chi connectivity index (χ0) is 20.5. The average Bonchev–Trinajstić information content (AvgIpc) is 3.02. The molecule has 3 rings (SSSR count). The van der Waals surface area contributed by atoms with Crippen LogP contribution in [-0.4, -0.2) is 41.1 Å². The van der Waals surface area contributed by atoms with Gasteiger partial charge in [-0.1, -0.05) is 18.5 Å². The number of nitrogens with zero attached hydrogens (tertiary/aromatic N) is 2. The lowest BCUT2D eigenvalue weighted by molar-refractivity contribution is -0.123. The van der Waals surface area contributed by atoms with Crippen molar-refractivity contribution in [3.63, 3.8) is 0 Å². The van der Waals surface area contributed by atoms with Crippen molar-refractivity contribution in [3.05, 3.63) is 46.5 Å². The SMILES string of the molecule is CC[C@]1(c2cc(NC(=O)c3n[nH]cc3Cl)ccc2F)N=C(N)COCC1(F)F. The molecule has 0 spiro atoms. The monoisotopic (exact) mass is 415 g/mol. The number of halogens is 4. The lowest BCUT2D eigenvalue weighted by atomic mass is 9.81.